The Morgan fingerprint density at radius 3 is 2.65 bits per heavy atom. The number of benzene rings is 1. The van der Waals surface area contributed by atoms with Gasteiger partial charge in [-0.05, 0) is 18.6 Å². The van der Waals surface area contributed by atoms with Crippen LogP contribution in [0.4, 0.5) is 4.39 Å². The number of fused-ring (bicyclic) bond motifs is 2. The average Bonchev–Trinajstić information content (AvgIpc) is 2.91. The molecule has 2 aliphatic heterocycles. The lowest BCUT2D eigenvalue weighted by molar-refractivity contribution is -0.193. The average molecular weight is 312 g/mol. The molecule has 23 heavy (non-hydrogen) atoms. The van der Waals surface area contributed by atoms with E-state index in [0.29, 0.717) is 0 Å². The monoisotopic (exact) mass is 312 g/mol. The predicted octanol–water partition coefficient (Wildman–Crippen LogP) is 1.40. The molecule has 7 heteroatoms. The van der Waals surface area contributed by atoms with Crippen molar-refractivity contribution in [3.8, 4) is 12.1 Å². The number of hydrogen-bond donors (Lipinski definition) is 1. The van der Waals surface area contributed by atoms with Gasteiger partial charge in [-0.15, -0.1) is 0 Å². The fourth-order valence-electron chi connectivity index (χ4n) is 4.04. The first kappa shape index (κ1) is 14.1. The van der Waals surface area contributed by atoms with Gasteiger partial charge in [-0.2, -0.15) is 10.5 Å². The molecular formula is C16H13FN4O2. The van der Waals surface area contributed by atoms with Gasteiger partial charge in [-0.25, -0.2) is 9.38 Å². The van der Waals surface area contributed by atoms with Gasteiger partial charge in [0.05, 0.1) is 24.8 Å². The van der Waals surface area contributed by atoms with Gasteiger partial charge in [0.2, 0.25) is 0 Å². The summed E-state index contributed by atoms with van der Waals surface area (Å²) >= 11 is 0. The van der Waals surface area contributed by atoms with Crippen molar-refractivity contribution in [3.63, 3.8) is 0 Å². The Balaban J connectivity index is 1.95. The van der Waals surface area contributed by atoms with Crippen LogP contribution in [0.25, 0.3) is 0 Å². The highest BCUT2D eigenvalue weighted by Crippen LogP contribution is 2.82. The van der Waals surface area contributed by atoms with Gasteiger partial charge in [0, 0.05) is 5.92 Å². The molecule has 1 aromatic rings. The molecule has 2 fully saturated rings. The Bertz CT molecular complexity index is 828. The summed E-state index contributed by atoms with van der Waals surface area (Å²) in [4.78, 5) is 4.17. The van der Waals surface area contributed by atoms with Gasteiger partial charge < -0.3 is 15.2 Å². The van der Waals surface area contributed by atoms with Gasteiger partial charge in [0.25, 0.3) is 5.91 Å². The van der Waals surface area contributed by atoms with E-state index in [1.165, 1.54) is 6.07 Å². The molecule has 6 nitrogen and oxygen atoms in total. The summed E-state index contributed by atoms with van der Waals surface area (Å²) in [5, 5.41) is 19.7. The van der Waals surface area contributed by atoms with Crippen LogP contribution in [0.15, 0.2) is 29.3 Å². The maximum absolute atomic E-state index is 14.3. The number of ether oxygens (including phenoxy) is 2. The van der Waals surface area contributed by atoms with E-state index in [0.717, 1.165) is 0 Å². The van der Waals surface area contributed by atoms with Gasteiger partial charge in [-0.3, -0.25) is 0 Å². The minimum absolute atomic E-state index is 0.0381. The third kappa shape index (κ3) is 1.28. The predicted molar refractivity (Wildman–Crippen MR) is 76.1 cm³/mol. The van der Waals surface area contributed by atoms with Crippen molar-refractivity contribution in [3.05, 3.63) is 35.6 Å². The lowest BCUT2D eigenvalue weighted by Crippen LogP contribution is -2.39. The van der Waals surface area contributed by atoms with E-state index in [9.17, 15) is 14.9 Å². The zero-order valence-electron chi connectivity index (χ0n) is 12.3. The van der Waals surface area contributed by atoms with Gasteiger partial charge in [0.15, 0.2) is 5.41 Å². The standard InChI is InChI=1S/C16H13FN4O2/c1-9-6-22-16(23-9)15(8-19)12(10-4-2-3-5-11(10)17)14(15,7-18)13(20)21-16/h2-5,9,12H,6H2,1H3,(H2,20,21)/t9-,12+,14+,15+,16-/m0/s1. The van der Waals surface area contributed by atoms with Crippen molar-refractivity contribution >= 4 is 5.84 Å². The highest BCUT2D eigenvalue weighted by molar-refractivity contribution is 6.00. The molecule has 0 bridgehead atoms. The second kappa shape index (κ2) is 4.08. The second-order valence-corrected chi connectivity index (χ2v) is 6.11. The van der Waals surface area contributed by atoms with Crippen molar-refractivity contribution in [1.82, 2.24) is 0 Å². The summed E-state index contributed by atoms with van der Waals surface area (Å²) in [6.45, 7) is 2.00. The molecule has 0 amide bonds. The van der Waals surface area contributed by atoms with Crippen LogP contribution in [0.5, 0.6) is 0 Å². The maximum Gasteiger partial charge on any atom is 0.293 e. The molecule has 116 valence electrons. The minimum Gasteiger partial charge on any atom is -0.386 e. The van der Waals surface area contributed by atoms with Crippen LogP contribution in [0.3, 0.4) is 0 Å². The van der Waals surface area contributed by atoms with Gasteiger partial charge >= 0.3 is 0 Å². The molecule has 1 spiro atoms. The first-order valence-corrected chi connectivity index (χ1v) is 7.23. The topological polar surface area (TPSA) is 104 Å². The van der Waals surface area contributed by atoms with E-state index in [-0.39, 0.29) is 24.1 Å². The smallest absolute Gasteiger partial charge is 0.293 e. The molecule has 1 aromatic carbocycles. The Labute approximate surface area is 131 Å². The lowest BCUT2D eigenvalue weighted by atomic mass is 9.94. The summed E-state index contributed by atoms with van der Waals surface area (Å²) in [6, 6.07) is 10.3. The zero-order valence-corrected chi connectivity index (χ0v) is 12.3. The van der Waals surface area contributed by atoms with Crippen LogP contribution >= 0.6 is 0 Å². The molecule has 1 saturated heterocycles. The number of amidine groups is 1. The molecule has 4 rings (SSSR count). The fourth-order valence-corrected chi connectivity index (χ4v) is 4.04. The highest BCUT2D eigenvalue weighted by atomic mass is 19.1. The zero-order chi connectivity index (χ0) is 16.5. The maximum atomic E-state index is 14.3. The Morgan fingerprint density at radius 2 is 2.09 bits per heavy atom. The first-order chi connectivity index (χ1) is 11.0. The Morgan fingerprint density at radius 1 is 1.35 bits per heavy atom. The molecule has 1 aliphatic carbocycles. The van der Waals surface area contributed by atoms with Crippen LogP contribution in [0.1, 0.15) is 18.4 Å². The molecule has 3 aliphatic rings. The number of rotatable bonds is 1. The van der Waals surface area contributed by atoms with E-state index in [4.69, 9.17) is 15.2 Å². The lowest BCUT2D eigenvalue weighted by Gasteiger charge is -2.26. The molecule has 0 aromatic heterocycles. The molecule has 0 unspecified atom stereocenters. The normalized spacial score (nSPS) is 43.6. The van der Waals surface area contributed by atoms with Crippen molar-refractivity contribution in [2.75, 3.05) is 6.61 Å². The van der Waals surface area contributed by atoms with Crippen molar-refractivity contribution in [2.45, 2.75) is 24.9 Å². The van der Waals surface area contributed by atoms with Crippen LogP contribution < -0.4 is 5.73 Å². The van der Waals surface area contributed by atoms with Crippen molar-refractivity contribution < 1.29 is 13.9 Å². The van der Waals surface area contributed by atoms with Gasteiger partial charge in [-0.1, -0.05) is 18.2 Å². The third-order valence-corrected chi connectivity index (χ3v) is 5.02. The van der Waals surface area contributed by atoms with Crippen LogP contribution in [-0.2, 0) is 9.47 Å². The van der Waals surface area contributed by atoms with E-state index in [2.05, 4.69) is 17.1 Å². The SMILES string of the molecule is C[C@H]1CO[C@]2(N=C(N)[C@@]3(C#N)[C@@H](c4ccccc4F)[C@@]23C#N)O1. The molecule has 2 N–H and O–H groups in total. The number of nitrogens with two attached hydrogens (primary N) is 1. The van der Waals surface area contributed by atoms with Crippen LogP contribution in [0.2, 0.25) is 0 Å². The minimum atomic E-state index is -1.64. The molecule has 2 heterocycles. The number of nitrogens with zero attached hydrogens (tertiary/aromatic N) is 3. The van der Waals surface area contributed by atoms with Crippen molar-refractivity contribution in [2.24, 2.45) is 21.6 Å². The summed E-state index contributed by atoms with van der Waals surface area (Å²) in [6.07, 6.45) is -0.298. The molecule has 5 atom stereocenters. The first-order valence-electron chi connectivity index (χ1n) is 7.23. The number of nitriles is 2. The molecular weight excluding hydrogens is 299 g/mol. The summed E-state index contributed by atoms with van der Waals surface area (Å²) in [7, 11) is 0. The number of halogens is 1. The Hall–Kier alpha value is -2.48. The second-order valence-electron chi connectivity index (χ2n) is 6.11. The summed E-state index contributed by atoms with van der Waals surface area (Å²) in [5.41, 5.74) is 3.33. The highest BCUT2D eigenvalue weighted by Gasteiger charge is 2.94. The third-order valence-electron chi connectivity index (χ3n) is 5.02. The number of aliphatic imine (C=N–C) groups is 1. The molecule has 0 radical (unpaired) electrons. The van der Waals surface area contributed by atoms with Crippen molar-refractivity contribution in [1.29, 1.82) is 10.5 Å². The fraction of sp³-hybridized carbons (Fsp3) is 0.438. The van der Waals surface area contributed by atoms with E-state index in [1.807, 2.05) is 0 Å². The largest absolute Gasteiger partial charge is 0.386 e. The summed E-state index contributed by atoms with van der Waals surface area (Å²) in [5.74, 6) is -2.96. The van der Waals surface area contributed by atoms with E-state index in [1.54, 1.807) is 25.1 Å². The van der Waals surface area contributed by atoms with E-state index >= 15 is 0 Å². The summed E-state index contributed by atoms with van der Waals surface area (Å²) < 4.78 is 25.7. The number of hydrogen-bond acceptors (Lipinski definition) is 6. The Kier molecular flexibility index (Phi) is 2.51. The van der Waals surface area contributed by atoms with E-state index < -0.39 is 28.5 Å². The van der Waals surface area contributed by atoms with Crippen LogP contribution in [0, 0.1) is 39.3 Å². The molecule has 1 saturated carbocycles. The quantitative estimate of drug-likeness (QED) is 0.844. The van der Waals surface area contributed by atoms with Crippen LogP contribution in [-0.4, -0.2) is 24.5 Å². The van der Waals surface area contributed by atoms with Gasteiger partial charge in [0.1, 0.15) is 17.1 Å².